The standard InChI is InChI=1S/C14H17Cl2N3O/c1-3-6-19-14(12(20-2)8-18-19)13(17)10-5-4-9(15)7-11(10)16/h4-5,7-8,13H,3,6,17H2,1-2H3. The van der Waals surface area contributed by atoms with Crippen LogP contribution in [0.4, 0.5) is 0 Å². The van der Waals surface area contributed by atoms with Crippen LogP contribution in [0.25, 0.3) is 0 Å². The average molecular weight is 314 g/mol. The van der Waals surface area contributed by atoms with Crippen molar-refractivity contribution in [3.05, 3.63) is 45.7 Å². The second-order valence-corrected chi connectivity index (χ2v) is 5.31. The predicted molar refractivity (Wildman–Crippen MR) is 81.6 cm³/mol. The van der Waals surface area contributed by atoms with Gasteiger partial charge >= 0.3 is 0 Å². The number of aromatic nitrogens is 2. The van der Waals surface area contributed by atoms with Gasteiger partial charge in [0.05, 0.1) is 19.3 Å². The molecule has 1 aromatic carbocycles. The van der Waals surface area contributed by atoms with E-state index in [1.54, 1.807) is 25.4 Å². The highest BCUT2D eigenvalue weighted by molar-refractivity contribution is 6.35. The number of rotatable bonds is 5. The van der Waals surface area contributed by atoms with Gasteiger partial charge in [-0.15, -0.1) is 0 Å². The van der Waals surface area contributed by atoms with E-state index in [1.807, 2.05) is 10.7 Å². The quantitative estimate of drug-likeness (QED) is 0.916. The SMILES string of the molecule is CCCn1ncc(OC)c1C(N)c1ccc(Cl)cc1Cl. The summed E-state index contributed by atoms with van der Waals surface area (Å²) in [6.07, 6.45) is 2.63. The van der Waals surface area contributed by atoms with Gasteiger partial charge in [0, 0.05) is 16.6 Å². The molecule has 0 spiro atoms. The molecule has 0 aliphatic heterocycles. The van der Waals surface area contributed by atoms with E-state index in [4.69, 9.17) is 33.7 Å². The molecule has 2 rings (SSSR count). The van der Waals surface area contributed by atoms with E-state index in [0.29, 0.717) is 15.8 Å². The molecule has 0 saturated carbocycles. The lowest BCUT2D eigenvalue weighted by molar-refractivity contribution is 0.404. The van der Waals surface area contributed by atoms with Crippen LogP contribution in [0.2, 0.25) is 10.0 Å². The third-order valence-electron chi connectivity index (χ3n) is 3.09. The van der Waals surface area contributed by atoms with Crippen LogP contribution in [0.5, 0.6) is 5.75 Å². The molecule has 0 aliphatic rings. The van der Waals surface area contributed by atoms with Crippen molar-refractivity contribution in [1.29, 1.82) is 0 Å². The summed E-state index contributed by atoms with van der Waals surface area (Å²) in [5.74, 6) is 0.664. The number of nitrogens with two attached hydrogens (primary N) is 1. The van der Waals surface area contributed by atoms with Gasteiger partial charge in [-0.25, -0.2) is 0 Å². The maximum atomic E-state index is 6.35. The maximum Gasteiger partial charge on any atom is 0.161 e. The summed E-state index contributed by atoms with van der Waals surface area (Å²) < 4.78 is 7.20. The Hall–Kier alpha value is -1.23. The molecule has 6 heteroatoms. The minimum absolute atomic E-state index is 0.413. The van der Waals surface area contributed by atoms with Gasteiger partial charge in [0.25, 0.3) is 0 Å². The second kappa shape index (κ2) is 6.48. The minimum Gasteiger partial charge on any atom is -0.493 e. The monoisotopic (exact) mass is 313 g/mol. The van der Waals surface area contributed by atoms with Crippen LogP contribution < -0.4 is 10.5 Å². The molecule has 0 radical (unpaired) electrons. The van der Waals surface area contributed by atoms with E-state index in [9.17, 15) is 0 Å². The lowest BCUT2D eigenvalue weighted by Crippen LogP contribution is -2.18. The minimum atomic E-state index is -0.413. The molecule has 1 unspecified atom stereocenters. The molecular weight excluding hydrogens is 297 g/mol. The molecule has 0 amide bonds. The molecule has 4 nitrogen and oxygen atoms in total. The fourth-order valence-electron chi connectivity index (χ4n) is 2.14. The van der Waals surface area contributed by atoms with Crippen molar-refractivity contribution >= 4 is 23.2 Å². The number of methoxy groups -OCH3 is 1. The van der Waals surface area contributed by atoms with Gasteiger partial charge in [0.2, 0.25) is 0 Å². The van der Waals surface area contributed by atoms with Crippen LogP contribution in [-0.4, -0.2) is 16.9 Å². The third-order valence-corrected chi connectivity index (χ3v) is 3.65. The topological polar surface area (TPSA) is 53.1 Å². The number of halogens is 2. The van der Waals surface area contributed by atoms with Crippen molar-refractivity contribution in [3.8, 4) is 5.75 Å². The Bertz CT molecular complexity index is 598. The molecule has 20 heavy (non-hydrogen) atoms. The Kier molecular flexibility index (Phi) is 4.91. The number of aryl methyl sites for hydroxylation is 1. The highest BCUT2D eigenvalue weighted by Gasteiger charge is 2.22. The molecule has 0 bridgehead atoms. The fourth-order valence-corrected chi connectivity index (χ4v) is 2.67. The first-order valence-electron chi connectivity index (χ1n) is 6.38. The van der Waals surface area contributed by atoms with Gasteiger partial charge < -0.3 is 10.5 Å². The Morgan fingerprint density at radius 3 is 2.75 bits per heavy atom. The largest absolute Gasteiger partial charge is 0.493 e. The second-order valence-electron chi connectivity index (χ2n) is 4.46. The summed E-state index contributed by atoms with van der Waals surface area (Å²) in [4.78, 5) is 0. The van der Waals surface area contributed by atoms with E-state index in [-0.39, 0.29) is 0 Å². The molecule has 0 aliphatic carbocycles. The zero-order valence-electron chi connectivity index (χ0n) is 11.4. The van der Waals surface area contributed by atoms with Crippen LogP contribution in [0.15, 0.2) is 24.4 Å². The maximum absolute atomic E-state index is 6.35. The third kappa shape index (κ3) is 2.92. The molecule has 1 atom stereocenters. The van der Waals surface area contributed by atoms with Crippen molar-refractivity contribution < 1.29 is 4.74 Å². The smallest absolute Gasteiger partial charge is 0.161 e. The zero-order chi connectivity index (χ0) is 14.7. The molecule has 0 fully saturated rings. The Morgan fingerprint density at radius 2 is 2.15 bits per heavy atom. The zero-order valence-corrected chi connectivity index (χ0v) is 12.9. The van der Waals surface area contributed by atoms with Crippen molar-refractivity contribution in [2.24, 2.45) is 5.73 Å². The summed E-state index contributed by atoms with van der Waals surface area (Å²) in [6.45, 7) is 2.86. The van der Waals surface area contributed by atoms with Crippen LogP contribution in [0.3, 0.4) is 0 Å². The van der Waals surface area contributed by atoms with Crippen LogP contribution in [0.1, 0.15) is 30.6 Å². The summed E-state index contributed by atoms with van der Waals surface area (Å²) in [5.41, 5.74) is 7.97. The van der Waals surface area contributed by atoms with Crippen LogP contribution >= 0.6 is 23.2 Å². The van der Waals surface area contributed by atoms with E-state index >= 15 is 0 Å². The molecule has 0 saturated heterocycles. The highest BCUT2D eigenvalue weighted by atomic mass is 35.5. The molecule has 2 aromatic rings. The Labute approximate surface area is 128 Å². The molecule has 1 aromatic heterocycles. The van der Waals surface area contributed by atoms with Gasteiger partial charge in [0.1, 0.15) is 5.69 Å². The Morgan fingerprint density at radius 1 is 1.40 bits per heavy atom. The van der Waals surface area contributed by atoms with E-state index in [1.165, 1.54) is 0 Å². The summed E-state index contributed by atoms with van der Waals surface area (Å²) >= 11 is 12.1. The number of nitrogens with zero attached hydrogens (tertiary/aromatic N) is 2. The average Bonchev–Trinajstić information content (AvgIpc) is 2.81. The van der Waals surface area contributed by atoms with Gasteiger partial charge in [-0.1, -0.05) is 36.2 Å². The number of ether oxygens (including phenoxy) is 1. The number of hydrogen-bond donors (Lipinski definition) is 1. The molecule has 108 valence electrons. The van der Waals surface area contributed by atoms with Crippen molar-refractivity contribution in [2.45, 2.75) is 25.9 Å². The number of benzene rings is 1. The normalized spacial score (nSPS) is 12.4. The molecule has 1 heterocycles. The first-order chi connectivity index (χ1) is 9.58. The Balaban J connectivity index is 2.46. The molecular formula is C14H17Cl2N3O. The van der Waals surface area contributed by atoms with Crippen LogP contribution in [-0.2, 0) is 6.54 Å². The predicted octanol–water partition coefficient (Wildman–Crippen LogP) is 3.66. The van der Waals surface area contributed by atoms with Crippen molar-refractivity contribution in [3.63, 3.8) is 0 Å². The van der Waals surface area contributed by atoms with Gasteiger partial charge in [-0.05, 0) is 24.1 Å². The summed E-state index contributed by atoms with van der Waals surface area (Å²) in [5, 5.41) is 5.43. The lowest BCUT2D eigenvalue weighted by atomic mass is 10.0. The number of hydrogen-bond acceptors (Lipinski definition) is 3. The highest BCUT2D eigenvalue weighted by Crippen LogP contribution is 2.33. The first kappa shape index (κ1) is 15.2. The fraction of sp³-hybridized carbons (Fsp3) is 0.357. The van der Waals surface area contributed by atoms with E-state index in [2.05, 4.69) is 12.0 Å². The summed E-state index contributed by atoms with van der Waals surface area (Å²) in [7, 11) is 1.60. The van der Waals surface area contributed by atoms with Crippen molar-refractivity contribution in [1.82, 2.24) is 9.78 Å². The van der Waals surface area contributed by atoms with E-state index in [0.717, 1.165) is 24.2 Å². The molecule has 2 N–H and O–H groups in total. The van der Waals surface area contributed by atoms with Gasteiger partial charge in [-0.2, -0.15) is 5.10 Å². The van der Waals surface area contributed by atoms with Gasteiger partial charge in [0.15, 0.2) is 5.75 Å². The first-order valence-corrected chi connectivity index (χ1v) is 7.14. The van der Waals surface area contributed by atoms with Gasteiger partial charge in [-0.3, -0.25) is 4.68 Å². The van der Waals surface area contributed by atoms with E-state index < -0.39 is 6.04 Å². The van der Waals surface area contributed by atoms with Crippen molar-refractivity contribution in [2.75, 3.05) is 7.11 Å². The van der Waals surface area contributed by atoms with Crippen LogP contribution in [0, 0.1) is 0 Å². The lowest BCUT2D eigenvalue weighted by Gasteiger charge is -2.17. The summed E-state index contributed by atoms with van der Waals surface area (Å²) in [6, 6.07) is 4.88.